The Hall–Kier alpha value is -2.83. The second-order valence-electron chi connectivity index (χ2n) is 4.37. The van der Waals surface area contributed by atoms with Crippen molar-refractivity contribution >= 4 is 28.9 Å². The number of benzene rings is 1. The van der Waals surface area contributed by atoms with Crippen LogP contribution in [0, 0.1) is 0 Å². The molecule has 0 bridgehead atoms. The molecule has 0 atom stereocenters. The summed E-state index contributed by atoms with van der Waals surface area (Å²) in [4.78, 5) is 33.2. The Kier molecular flexibility index (Phi) is 3.93. The highest BCUT2D eigenvalue weighted by molar-refractivity contribution is 6.06. The maximum atomic E-state index is 11.5. The van der Waals surface area contributed by atoms with E-state index in [9.17, 15) is 19.5 Å². The molecule has 2 aromatic rings. The molecular formula is C14H12O7. The number of aromatic carboxylic acids is 1. The molecule has 0 radical (unpaired) electrons. The number of furan rings is 1. The summed E-state index contributed by atoms with van der Waals surface area (Å²) in [7, 11) is 0. The Morgan fingerprint density at radius 2 is 1.95 bits per heavy atom. The number of aryl methyl sites for hydroxylation is 1. The van der Waals surface area contributed by atoms with Gasteiger partial charge in [-0.1, -0.05) is 6.07 Å². The minimum absolute atomic E-state index is 0.00655. The summed E-state index contributed by atoms with van der Waals surface area (Å²) in [5.41, 5.74) is 0.480. The van der Waals surface area contributed by atoms with Crippen LogP contribution in [0.15, 0.2) is 22.8 Å². The molecule has 1 aromatic heterocycles. The van der Waals surface area contributed by atoms with E-state index in [4.69, 9.17) is 14.3 Å². The summed E-state index contributed by atoms with van der Waals surface area (Å²) >= 11 is 0. The third kappa shape index (κ3) is 3.02. The zero-order chi connectivity index (χ0) is 15.6. The number of ether oxygens (including phenoxy) is 1. The van der Waals surface area contributed by atoms with Crippen molar-refractivity contribution in [2.75, 3.05) is 0 Å². The van der Waals surface area contributed by atoms with Gasteiger partial charge in [0.05, 0.1) is 10.9 Å². The molecule has 110 valence electrons. The molecule has 0 amide bonds. The second kappa shape index (κ2) is 5.66. The van der Waals surface area contributed by atoms with Crippen LogP contribution in [0.2, 0.25) is 0 Å². The average molecular weight is 292 g/mol. The molecule has 0 unspecified atom stereocenters. The van der Waals surface area contributed by atoms with Crippen LogP contribution in [0.1, 0.15) is 29.3 Å². The van der Waals surface area contributed by atoms with Gasteiger partial charge in [0.1, 0.15) is 11.8 Å². The average Bonchev–Trinajstić information content (AvgIpc) is 2.77. The summed E-state index contributed by atoms with van der Waals surface area (Å²) < 4.78 is 10.1. The minimum atomic E-state index is -1.24. The number of carboxylic acid groups (broad SMARTS) is 2. The number of hydrogen-bond acceptors (Lipinski definition) is 5. The Morgan fingerprint density at radius 3 is 2.52 bits per heavy atom. The summed E-state index contributed by atoms with van der Waals surface area (Å²) in [6.45, 7) is 1.19. The van der Waals surface area contributed by atoms with E-state index in [0.29, 0.717) is 5.56 Å². The van der Waals surface area contributed by atoms with Gasteiger partial charge >= 0.3 is 17.9 Å². The Balaban J connectivity index is 2.60. The second-order valence-corrected chi connectivity index (χ2v) is 4.37. The number of rotatable bonds is 5. The van der Waals surface area contributed by atoms with Gasteiger partial charge in [-0.15, -0.1) is 0 Å². The minimum Gasteiger partial charge on any atom is -0.481 e. The summed E-state index contributed by atoms with van der Waals surface area (Å²) in [6.07, 6.45) is 1.00. The highest BCUT2D eigenvalue weighted by Crippen LogP contribution is 2.33. The van der Waals surface area contributed by atoms with Crippen molar-refractivity contribution in [2.45, 2.75) is 19.8 Å². The molecule has 7 nitrogen and oxygen atoms in total. The molecule has 2 N–H and O–H groups in total. The lowest BCUT2D eigenvalue weighted by Gasteiger charge is -2.07. The van der Waals surface area contributed by atoms with Crippen molar-refractivity contribution in [3.8, 4) is 5.75 Å². The van der Waals surface area contributed by atoms with Gasteiger partial charge in [0.2, 0.25) is 0 Å². The Bertz CT molecular complexity index is 726. The zero-order valence-corrected chi connectivity index (χ0v) is 11.1. The third-order valence-electron chi connectivity index (χ3n) is 2.87. The van der Waals surface area contributed by atoms with Gasteiger partial charge in [-0.05, 0) is 18.1 Å². The van der Waals surface area contributed by atoms with Crippen molar-refractivity contribution < 1.29 is 33.8 Å². The van der Waals surface area contributed by atoms with Crippen LogP contribution in [0.25, 0.3) is 11.0 Å². The van der Waals surface area contributed by atoms with Crippen molar-refractivity contribution in [3.05, 3.63) is 29.5 Å². The first-order chi connectivity index (χ1) is 9.90. The van der Waals surface area contributed by atoms with E-state index in [-0.39, 0.29) is 35.1 Å². The smallest absolute Gasteiger partial charge is 0.336 e. The van der Waals surface area contributed by atoms with Gasteiger partial charge in [0, 0.05) is 13.3 Å². The van der Waals surface area contributed by atoms with E-state index in [1.807, 2.05) is 0 Å². The van der Waals surface area contributed by atoms with Gasteiger partial charge in [-0.3, -0.25) is 9.59 Å². The predicted octanol–water partition coefficient (Wildman–Crippen LogP) is 2.07. The molecule has 0 fully saturated rings. The van der Waals surface area contributed by atoms with Crippen LogP contribution in [-0.4, -0.2) is 28.1 Å². The van der Waals surface area contributed by atoms with E-state index in [1.54, 1.807) is 0 Å². The molecule has 2 rings (SSSR count). The molecule has 0 spiro atoms. The molecular weight excluding hydrogens is 280 g/mol. The number of carbonyl (C=O) groups excluding carboxylic acids is 1. The highest BCUT2D eigenvalue weighted by atomic mass is 16.5. The van der Waals surface area contributed by atoms with Crippen LogP contribution in [-0.2, 0) is 16.0 Å². The fraction of sp³-hybridized carbons (Fsp3) is 0.214. The predicted molar refractivity (Wildman–Crippen MR) is 70.4 cm³/mol. The van der Waals surface area contributed by atoms with Gasteiger partial charge in [0.15, 0.2) is 5.75 Å². The zero-order valence-electron chi connectivity index (χ0n) is 11.1. The molecule has 21 heavy (non-hydrogen) atoms. The van der Waals surface area contributed by atoms with Gasteiger partial charge in [-0.25, -0.2) is 4.79 Å². The molecule has 0 aliphatic rings. The summed E-state index contributed by atoms with van der Waals surface area (Å²) in [5.74, 6) is -2.87. The van der Waals surface area contributed by atoms with E-state index in [1.165, 1.54) is 19.1 Å². The van der Waals surface area contributed by atoms with Crippen LogP contribution in [0.5, 0.6) is 5.75 Å². The highest BCUT2D eigenvalue weighted by Gasteiger charge is 2.21. The normalized spacial score (nSPS) is 10.5. The number of fused-ring (bicyclic) bond motifs is 1. The molecule has 0 aliphatic carbocycles. The van der Waals surface area contributed by atoms with Crippen molar-refractivity contribution in [2.24, 2.45) is 0 Å². The van der Waals surface area contributed by atoms with Crippen molar-refractivity contribution in [1.82, 2.24) is 0 Å². The summed E-state index contributed by atoms with van der Waals surface area (Å²) in [5, 5.41) is 18.2. The Labute approximate surface area is 118 Å². The van der Waals surface area contributed by atoms with Crippen molar-refractivity contribution in [1.29, 1.82) is 0 Å². The molecule has 1 heterocycles. The number of carboxylic acids is 2. The largest absolute Gasteiger partial charge is 0.481 e. The fourth-order valence-electron chi connectivity index (χ4n) is 2.07. The first-order valence-electron chi connectivity index (χ1n) is 6.06. The summed E-state index contributed by atoms with van der Waals surface area (Å²) in [6, 6.07) is 3.02. The third-order valence-corrected chi connectivity index (χ3v) is 2.87. The lowest BCUT2D eigenvalue weighted by atomic mass is 9.99. The SMILES string of the molecule is CC(=O)Oc1coc2ccc(CCC(=O)O)c(C(=O)O)c12. The van der Waals surface area contributed by atoms with Crippen LogP contribution < -0.4 is 4.74 Å². The fourth-order valence-corrected chi connectivity index (χ4v) is 2.07. The standard InChI is InChI=1S/C14H12O7/c1-7(15)21-10-6-20-9-4-2-8(3-5-11(16)17)12(13(9)10)14(18)19/h2,4,6H,3,5H2,1H3,(H,16,17)(H,18,19). The Morgan fingerprint density at radius 1 is 1.24 bits per heavy atom. The van der Waals surface area contributed by atoms with Gasteiger partial charge in [-0.2, -0.15) is 0 Å². The molecule has 0 saturated carbocycles. The van der Waals surface area contributed by atoms with Crippen LogP contribution in [0.4, 0.5) is 0 Å². The van der Waals surface area contributed by atoms with E-state index < -0.39 is 17.9 Å². The van der Waals surface area contributed by atoms with Crippen molar-refractivity contribution in [3.63, 3.8) is 0 Å². The van der Waals surface area contributed by atoms with E-state index in [2.05, 4.69) is 0 Å². The van der Waals surface area contributed by atoms with Crippen LogP contribution >= 0.6 is 0 Å². The number of hydrogen-bond donors (Lipinski definition) is 2. The maximum Gasteiger partial charge on any atom is 0.336 e. The van der Waals surface area contributed by atoms with Gasteiger partial charge < -0.3 is 19.4 Å². The quantitative estimate of drug-likeness (QED) is 0.810. The number of carbonyl (C=O) groups is 3. The molecule has 7 heteroatoms. The lowest BCUT2D eigenvalue weighted by molar-refractivity contribution is -0.137. The van der Waals surface area contributed by atoms with E-state index in [0.717, 1.165) is 6.26 Å². The topological polar surface area (TPSA) is 114 Å². The monoisotopic (exact) mass is 292 g/mol. The van der Waals surface area contributed by atoms with Gasteiger partial charge in [0.25, 0.3) is 0 Å². The lowest BCUT2D eigenvalue weighted by Crippen LogP contribution is -2.07. The van der Waals surface area contributed by atoms with E-state index >= 15 is 0 Å². The van der Waals surface area contributed by atoms with Crippen LogP contribution in [0.3, 0.4) is 0 Å². The molecule has 1 aromatic carbocycles. The number of aliphatic carboxylic acids is 1. The maximum absolute atomic E-state index is 11.5. The number of esters is 1. The first-order valence-corrected chi connectivity index (χ1v) is 6.06. The molecule has 0 saturated heterocycles. The first kappa shape index (κ1) is 14.6. The molecule has 0 aliphatic heterocycles.